The van der Waals surface area contributed by atoms with Crippen LogP contribution in [0, 0.1) is 5.92 Å². The number of methoxy groups -OCH3 is 1. The topological polar surface area (TPSA) is 87.7 Å². The Kier molecular flexibility index (Phi) is 5.09. The lowest BCUT2D eigenvalue weighted by Gasteiger charge is -2.30. The SMILES string of the molecule is COc1cccc(N2C(=O)NCC(C(=O)Nc3cccc(Cl)c3)C2=O)c1. The van der Waals surface area contributed by atoms with Crippen LogP contribution in [0.4, 0.5) is 16.2 Å². The molecule has 0 aliphatic carbocycles. The van der Waals surface area contributed by atoms with Crippen molar-refractivity contribution in [2.75, 3.05) is 23.9 Å². The van der Waals surface area contributed by atoms with E-state index in [4.69, 9.17) is 16.3 Å². The highest BCUT2D eigenvalue weighted by atomic mass is 35.5. The molecule has 4 amide bonds. The molecule has 7 nitrogen and oxygen atoms in total. The average Bonchev–Trinajstić information content (AvgIpc) is 2.62. The van der Waals surface area contributed by atoms with Crippen LogP contribution in [0.25, 0.3) is 0 Å². The summed E-state index contributed by atoms with van der Waals surface area (Å²) in [6.07, 6.45) is 0. The lowest BCUT2D eigenvalue weighted by atomic mass is 10.0. The molecule has 2 aromatic carbocycles. The van der Waals surface area contributed by atoms with Gasteiger partial charge in [-0.15, -0.1) is 0 Å². The number of halogens is 1. The van der Waals surface area contributed by atoms with Crippen LogP contribution < -0.4 is 20.3 Å². The largest absolute Gasteiger partial charge is 0.497 e. The van der Waals surface area contributed by atoms with Crippen molar-refractivity contribution in [1.29, 1.82) is 0 Å². The summed E-state index contributed by atoms with van der Waals surface area (Å²) in [7, 11) is 1.48. The van der Waals surface area contributed by atoms with E-state index in [1.165, 1.54) is 7.11 Å². The van der Waals surface area contributed by atoms with Crippen LogP contribution in [0.5, 0.6) is 5.75 Å². The van der Waals surface area contributed by atoms with Crippen molar-refractivity contribution >= 4 is 40.8 Å². The van der Waals surface area contributed by atoms with Crippen LogP contribution in [0.2, 0.25) is 5.02 Å². The summed E-state index contributed by atoms with van der Waals surface area (Å²) < 4.78 is 5.12. The van der Waals surface area contributed by atoms with Crippen molar-refractivity contribution in [3.63, 3.8) is 0 Å². The van der Waals surface area contributed by atoms with Crippen molar-refractivity contribution in [3.05, 3.63) is 53.6 Å². The minimum atomic E-state index is -1.06. The fourth-order valence-electron chi connectivity index (χ4n) is 2.61. The van der Waals surface area contributed by atoms with Gasteiger partial charge in [-0.05, 0) is 30.3 Å². The van der Waals surface area contributed by atoms with Gasteiger partial charge in [0.2, 0.25) is 11.8 Å². The summed E-state index contributed by atoms with van der Waals surface area (Å²) in [4.78, 5) is 38.4. The number of anilines is 2. The zero-order valence-corrected chi connectivity index (χ0v) is 14.6. The molecular formula is C18H16ClN3O4. The van der Waals surface area contributed by atoms with E-state index >= 15 is 0 Å². The molecule has 1 unspecified atom stereocenters. The number of carbonyl (C=O) groups excluding carboxylic acids is 3. The maximum Gasteiger partial charge on any atom is 0.328 e. The number of ether oxygens (including phenoxy) is 1. The van der Waals surface area contributed by atoms with E-state index in [-0.39, 0.29) is 6.54 Å². The zero-order chi connectivity index (χ0) is 18.7. The lowest BCUT2D eigenvalue weighted by molar-refractivity contribution is -0.130. The molecule has 0 aromatic heterocycles. The molecule has 0 radical (unpaired) electrons. The third kappa shape index (κ3) is 3.62. The van der Waals surface area contributed by atoms with Gasteiger partial charge in [-0.1, -0.05) is 23.7 Å². The van der Waals surface area contributed by atoms with Gasteiger partial charge < -0.3 is 15.4 Å². The normalized spacial score (nSPS) is 16.8. The van der Waals surface area contributed by atoms with Crippen LogP contribution in [0.15, 0.2) is 48.5 Å². The van der Waals surface area contributed by atoms with Gasteiger partial charge in [-0.25, -0.2) is 9.69 Å². The second kappa shape index (κ2) is 7.45. The number of carbonyl (C=O) groups is 3. The predicted molar refractivity (Wildman–Crippen MR) is 97.5 cm³/mol. The summed E-state index contributed by atoms with van der Waals surface area (Å²) in [5.74, 6) is -1.70. The van der Waals surface area contributed by atoms with Crippen molar-refractivity contribution < 1.29 is 19.1 Å². The van der Waals surface area contributed by atoms with Crippen LogP contribution in [0.1, 0.15) is 0 Å². The predicted octanol–water partition coefficient (Wildman–Crippen LogP) is 2.66. The van der Waals surface area contributed by atoms with E-state index in [0.29, 0.717) is 22.1 Å². The maximum atomic E-state index is 12.8. The highest BCUT2D eigenvalue weighted by molar-refractivity contribution is 6.31. The van der Waals surface area contributed by atoms with E-state index in [9.17, 15) is 14.4 Å². The van der Waals surface area contributed by atoms with E-state index in [0.717, 1.165) is 4.90 Å². The van der Waals surface area contributed by atoms with Gasteiger partial charge in [0.1, 0.15) is 11.7 Å². The molecule has 1 aliphatic rings. The minimum Gasteiger partial charge on any atom is -0.497 e. The molecule has 134 valence electrons. The molecule has 0 saturated carbocycles. The Balaban J connectivity index is 1.82. The number of urea groups is 1. The van der Waals surface area contributed by atoms with Crippen LogP contribution in [-0.2, 0) is 9.59 Å². The molecule has 0 spiro atoms. The molecular weight excluding hydrogens is 358 g/mol. The molecule has 8 heteroatoms. The van der Waals surface area contributed by atoms with E-state index in [2.05, 4.69) is 10.6 Å². The number of hydrogen-bond acceptors (Lipinski definition) is 4. The Labute approximate surface area is 154 Å². The fraction of sp³-hybridized carbons (Fsp3) is 0.167. The number of nitrogens with one attached hydrogen (secondary N) is 2. The molecule has 2 aromatic rings. The maximum absolute atomic E-state index is 12.8. The number of hydrogen-bond donors (Lipinski definition) is 2. The lowest BCUT2D eigenvalue weighted by Crippen LogP contribution is -2.58. The van der Waals surface area contributed by atoms with Crippen molar-refractivity contribution in [2.45, 2.75) is 0 Å². The third-order valence-electron chi connectivity index (χ3n) is 3.90. The molecule has 0 bridgehead atoms. The number of imide groups is 1. The Morgan fingerprint density at radius 1 is 1.23 bits per heavy atom. The van der Waals surface area contributed by atoms with Crippen molar-refractivity contribution in [1.82, 2.24) is 5.32 Å². The first-order valence-corrected chi connectivity index (χ1v) is 8.19. The molecule has 3 rings (SSSR count). The Morgan fingerprint density at radius 3 is 2.73 bits per heavy atom. The van der Waals surface area contributed by atoms with E-state index in [1.54, 1.807) is 48.5 Å². The summed E-state index contributed by atoms with van der Waals surface area (Å²) in [6, 6.07) is 12.5. The molecule has 1 saturated heterocycles. The van der Waals surface area contributed by atoms with Crippen LogP contribution in [0.3, 0.4) is 0 Å². The van der Waals surface area contributed by atoms with Gasteiger partial charge in [0.15, 0.2) is 0 Å². The number of rotatable bonds is 4. The quantitative estimate of drug-likeness (QED) is 0.806. The number of benzene rings is 2. The van der Waals surface area contributed by atoms with Gasteiger partial charge in [-0.2, -0.15) is 0 Å². The molecule has 2 N–H and O–H groups in total. The van der Waals surface area contributed by atoms with Gasteiger partial charge in [0.05, 0.1) is 12.8 Å². The minimum absolute atomic E-state index is 0.0788. The van der Waals surface area contributed by atoms with E-state index in [1.807, 2.05) is 0 Å². The molecule has 1 atom stereocenters. The Hall–Kier alpha value is -3.06. The standard InChI is InChI=1S/C18H16ClN3O4/c1-26-14-7-3-6-13(9-14)22-17(24)15(10-20-18(22)25)16(23)21-12-5-2-4-11(19)8-12/h2-9,15H,10H2,1H3,(H,20,25)(H,21,23). The van der Waals surface area contributed by atoms with Gasteiger partial charge in [0, 0.05) is 23.3 Å². The summed E-state index contributed by atoms with van der Waals surface area (Å²) >= 11 is 5.90. The first-order chi connectivity index (χ1) is 12.5. The Morgan fingerprint density at radius 2 is 2.00 bits per heavy atom. The number of nitrogens with zero attached hydrogens (tertiary/aromatic N) is 1. The van der Waals surface area contributed by atoms with Crippen LogP contribution in [-0.4, -0.2) is 31.5 Å². The molecule has 1 aliphatic heterocycles. The zero-order valence-electron chi connectivity index (χ0n) is 13.9. The summed E-state index contributed by atoms with van der Waals surface area (Å²) in [5.41, 5.74) is 0.798. The second-order valence-corrected chi connectivity index (χ2v) is 6.05. The number of amides is 4. The molecule has 26 heavy (non-hydrogen) atoms. The van der Waals surface area contributed by atoms with Gasteiger partial charge in [0.25, 0.3) is 0 Å². The van der Waals surface area contributed by atoms with Gasteiger partial charge >= 0.3 is 6.03 Å². The van der Waals surface area contributed by atoms with E-state index < -0.39 is 23.8 Å². The molecule has 1 fully saturated rings. The average molecular weight is 374 g/mol. The summed E-state index contributed by atoms with van der Waals surface area (Å²) in [6.45, 7) is -0.0788. The molecule has 1 heterocycles. The van der Waals surface area contributed by atoms with Crippen molar-refractivity contribution in [2.24, 2.45) is 5.92 Å². The smallest absolute Gasteiger partial charge is 0.328 e. The second-order valence-electron chi connectivity index (χ2n) is 5.61. The monoisotopic (exact) mass is 373 g/mol. The first kappa shape index (κ1) is 17.8. The summed E-state index contributed by atoms with van der Waals surface area (Å²) in [5, 5.41) is 5.67. The van der Waals surface area contributed by atoms with Crippen molar-refractivity contribution in [3.8, 4) is 5.75 Å². The van der Waals surface area contributed by atoms with Crippen LogP contribution >= 0.6 is 11.6 Å². The van der Waals surface area contributed by atoms with Gasteiger partial charge in [-0.3, -0.25) is 9.59 Å². The highest BCUT2D eigenvalue weighted by Gasteiger charge is 2.39. The highest BCUT2D eigenvalue weighted by Crippen LogP contribution is 2.25. The Bertz CT molecular complexity index is 871. The fourth-order valence-corrected chi connectivity index (χ4v) is 2.80. The first-order valence-electron chi connectivity index (χ1n) is 7.82. The third-order valence-corrected chi connectivity index (χ3v) is 4.13.